The van der Waals surface area contributed by atoms with E-state index in [0.717, 1.165) is 42.6 Å². The number of aliphatic hydroxyl groups is 1. The summed E-state index contributed by atoms with van der Waals surface area (Å²) in [6, 6.07) is 36.6. The number of hydrogen-bond acceptors (Lipinski definition) is 4. The summed E-state index contributed by atoms with van der Waals surface area (Å²) in [5, 5.41) is 11.8. The number of rotatable bonds is 9. The average molecular weight is 480 g/mol. The van der Waals surface area contributed by atoms with Crippen molar-refractivity contribution >= 4 is 0 Å². The van der Waals surface area contributed by atoms with E-state index in [1.54, 1.807) is 0 Å². The molecule has 1 saturated heterocycles. The third-order valence-corrected chi connectivity index (χ3v) is 6.75. The van der Waals surface area contributed by atoms with Gasteiger partial charge in [-0.05, 0) is 53.8 Å². The van der Waals surface area contributed by atoms with E-state index in [-0.39, 0.29) is 0 Å². The van der Waals surface area contributed by atoms with Crippen LogP contribution in [0.5, 0.6) is 11.5 Å². The van der Waals surface area contributed by atoms with Crippen LogP contribution in [0.1, 0.15) is 35.1 Å². The lowest BCUT2D eigenvalue weighted by atomic mass is 9.85. The number of β-amino-alcohol motifs (C(OH)–C–C–N with tert-alkyl or cyclic N) is 1. The fourth-order valence-electron chi connectivity index (χ4n) is 4.84. The molecule has 0 amide bonds. The molecule has 4 aromatic rings. The van der Waals surface area contributed by atoms with Gasteiger partial charge in [-0.15, -0.1) is 0 Å². The molecule has 1 fully saturated rings. The Kier molecular flexibility index (Phi) is 7.65. The molecule has 1 aliphatic rings. The van der Waals surface area contributed by atoms with Crippen molar-refractivity contribution in [2.45, 2.75) is 38.2 Å². The van der Waals surface area contributed by atoms with E-state index >= 15 is 0 Å². The summed E-state index contributed by atoms with van der Waals surface area (Å²) in [5.41, 5.74) is 3.38. The number of hydrogen-bond donors (Lipinski definition) is 1. The molecule has 5 rings (SSSR count). The van der Waals surface area contributed by atoms with E-state index < -0.39 is 5.60 Å². The standard InChI is InChI=1S/C32H33NO3/c34-32(19-10-20-33(25-32)22-26-11-4-1-5-12-26)29-17-18-30(35-23-27-13-6-2-7-14-27)31(21-29)36-24-28-15-8-3-9-16-28/h1-9,11-18,21,34H,10,19-20,22-25H2. The third kappa shape index (κ3) is 6.14. The zero-order valence-electron chi connectivity index (χ0n) is 20.6. The van der Waals surface area contributed by atoms with Crippen LogP contribution in [0.3, 0.4) is 0 Å². The Morgan fingerprint density at radius 2 is 1.22 bits per heavy atom. The lowest BCUT2D eigenvalue weighted by Gasteiger charge is -2.40. The lowest BCUT2D eigenvalue weighted by Crippen LogP contribution is -2.45. The topological polar surface area (TPSA) is 41.9 Å². The molecule has 4 aromatic carbocycles. The van der Waals surface area contributed by atoms with Gasteiger partial charge in [-0.1, -0.05) is 97.1 Å². The molecule has 1 atom stereocenters. The highest BCUT2D eigenvalue weighted by Crippen LogP contribution is 2.38. The van der Waals surface area contributed by atoms with Gasteiger partial charge in [0.1, 0.15) is 18.8 Å². The Bertz CT molecular complexity index is 1230. The van der Waals surface area contributed by atoms with Crippen molar-refractivity contribution in [3.05, 3.63) is 131 Å². The highest BCUT2D eigenvalue weighted by atomic mass is 16.5. The van der Waals surface area contributed by atoms with Gasteiger partial charge in [0.2, 0.25) is 0 Å². The van der Waals surface area contributed by atoms with E-state index in [0.29, 0.717) is 31.3 Å². The molecule has 1 heterocycles. The molecular weight excluding hydrogens is 446 g/mol. The number of ether oxygens (including phenoxy) is 2. The van der Waals surface area contributed by atoms with E-state index in [9.17, 15) is 5.11 Å². The first-order valence-corrected chi connectivity index (χ1v) is 12.6. The fraction of sp³-hybridized carbons (Fsp3) is 0.250. The van der Waals surface area contributed by atoms with Crippen molar-refractivity contribution in [2.75, 3.05) is 13.1 Å². The number of piperidine rings is 1. The number of benzene rings is 4. The molecule has 0 radical (unpaired) electrons. The molecule has 0 bridgehead atoms. The summed E-state index contributed by atoms with van der Waals surface area (Å²) in [6.07, 6.45) is 1.66. The molecule has 184 valence electrons. The molecule has 0 saturated carbocycles. The van der Waals surface area contributed by atoms with Gasteiger partial charge in [-0.3, -0.25) is 4.90 Å². The van der Waals surface area contributed by atoms with Crippen LogP contribution < -0.4 is 9.47 Å². The second-order valence-corrected chi connectivity index (χ2v) is 9.54. The number of nitrogens with zero attached hydrogens (tertiary/aromatic N) is 1. The molecule has 4 heteroatoms. The minimum atomic E-state index is -0.935. The van der Waals surface area contributed by atoms with Gasteiger partial charge < -0.3 is 14.6 Å². The quantitative estimate of drug-likeness (QED) is 0.305. The monoisotopic (exact) mass is 479 g/mol. The maximum absolute atomic E-state index is 11.8. The van der Waals surface area contributed by atoms with Crippen LogP contribution in [0.25, 0.3) is 0 Å². The van der Waals surface area contributed by atoms with Crippen molar-refractivity contribution in [1.82, 2.24) is 4.90 Å². The summed E-state index contributed by atoms with van der Waals surface area (Å²) in [4.78, 5) is 2.34. The molecule has 0 spiro atoms. The van der Waals surface area contributed by atoms with Gasteiger partial charge in [0.25, 0.3) is 0 Å². The minimum absolute atomic E-state index is 0.435. The van der Waals surface area contributed by atoms with Gasteiger partial charge in [-0.2, -0.15) is 0 Å². The smallest absolute Gasteiger partial charge is 0.162 e. The molecule has 1 unspecified atom stereocenters. The Labute approximate surface area is 213 Å². The molecule has 0 aromatic heterocycles. The van der Waals surface area contributed by atoms with E-state index in [4.69, 9.17) is 9.47 Å². The molecule has 4 nitrogen and oxygen atoms in total. The van der Waals surface area contributed by atoms with Crippen molar-refractivity contribution in [3.8, 4) is 11.5 Å². The largest absolute Gasteiger partial charge is 0.485 e. The summed E-state index contributed by atoms with van der Waals surface area (Å²) < 4.78 is 12.4. The second-order valence-electron chi connectivity index (χ2n) is 9.54. The molecule has 1 aliphatic heterocycles. The van der Waals surface area contributed by atoms with Crippen LogP contribution in [-0.4, -0.2) is 23.1 Å². The summed E-state index contributed by atoms with van der Waals surface area (Å²) in [6.45, 7) is 3.29. The third-order valence-electron chi connectivity index (χ3n) is 6.75. The van der Waals surface area contributed by atoms with Crippen LogP contribution in [0, 0.1) is 0 Å². The SMILES string of the molecule is OC1(c2ccc(OCc3ccccc3)c(OCc3ccccc3)c2)CCCN(Cc2ccccc2)C1. The van der Waals surface area contributed by atoms with Gasteiger partial charge >= 0.3 is 0 Å². The average Bonchev–Trinajstić information content (AvgIpc) is 2.93. The van der Waals surface area contributed by atoms with Gasteiger partial charge in [-0.25, -0.2) is 0 Å². The predicted octanol–water partition coefficient (Wildman–Crippen LogP) is 6.33. The minimum Gasteiger partial charge on any atom is -0.485 e. The first kappa shape index (κ1) is 24.1. The lowest BCUT2D eigenvalue weighted by molar-refractivity contribution is -0.0383. The molecule has 0 aliphatic carbocycles. The van der Waals surface area contributed by atoms with Crippen molar-refractivity contribution in [1.29, 1.82) is 0 Å². The van der Waals surface area contributed by atoms with Crippen LogP contribution in [0.4, 0.5) is 0 Å². The molecule has 36 heavy (non-hydrogen) atoms. The summed E-state index contributed by atoms with van der Waals surface area (Å²) in [7, 11) is 0. The van der Waals surface area contributed by atoms with Crippen molar-refractivity contribution in [2.24, 2.45) is 0 Å². The highest BCUT2D eigenvalue weighted by Gasteiger charge is 2.35. The van der Waals surface area contributed by atoms with E-state index in [2.05, 4.69) is 29.2 Å². The van der Waals surface area contributed by atoms with E-state index in [1.165, 1.54) is 5.56 Å². The van der Waals surface area contributed by atoms with Gasteiger partial charge in [0, 0.05) is 13.1 Å². The van der Waals surface area contributed by atoms with Crippen LogP contribution in [0.15, 0.2) is 109 Å². The van der Waals surface area contributed by atoms with Gasteiger partial charge in [0.15, 0.2) is 11.5 Å². The second kappa shape index (κ2) is 11.4. The predicted molar refractivity (Wildman–Crippen MR) is 143 cm³/mol. The maximum Gasteiger partial charge on any atom is 0.162 e. The first-order chi connectivity index (χ1) is 17.7. The van der Waals surface area contributed by atoms with Gasteiger partial charge in [0.05, 0.1) is 0 Å². The Morgan fingerprint density at radius 1 is 0.667 bits per heavy atom. The Balaban J connectivity index is 1.36. The zero-order chi connectivity index (χ0) is 24.6. The van der Waals surface area contributed by atoms with Crippen molar-refractivity contribution in [3.63, 3.8) is 0 Å². The summed E-state index contributed by atoms with van der Waals surface area (Å²) >= 11 is 0. The summed E-state index contributed by atoms with van der Waals surface area (Å²) in [5.74, 6) is 1.33. The Morgan fingerprint density at radius 3 is 1.83 bits per heavy atom. The van der Waals surface area contributed by atoms with Crippen LogP contribution in [-0.2, 0) is 25.4 Å². The van der Waals surface area contributed by atoms with E-state index in [1.807, 2.05) is 84.9 Å². The first-order valence-electron chi connectivity index (χ1n) is 12.6. The molecule has 1 N–H and O–H groups in total. The number of likely N-dealkylation sites (tertiary alicyclic amines) is 1. The fourth-order valence-corrected chi connectivity index (χ4v) is 4.84. The normalized spacial score (nSPS) is 18.0. The Hall–Kier alpha value is -3.60. The maximum atomic E-state index is 11.8. The van der Waals surface area contributed by atoms with Crippen LogP contribution in [0.2, 0.25) is 0 Å². The van der Waals surface area contributed by atoms with Crippen molar-refractivity contribution < 1.29 is 14.6 Å². The zero-order valence-corrected chi connectivity index (χ0v) is 20.6. The van der Waals surface area contributed by atoms with Crippen LogP contribution >= 0.6 is 0 Å². The molecular formula is C32H33NO3. The highest BCUT2D eigenvalue weighted by molar-refractivity contribution is 5.45.